The number of carbonyl (C=O) groups is 1. The van der Waals surface area contributed by atoms with Crippen molar-refractivity contribution >= 4 is 24.0 Å². The molecule has 1 aliphatic rings. The van der Waals surface area contributed by atoms with Crippen molar-refractivity contribution in [3.63, 3.8) is 0 Å². The first-order valence-electron chi connectivity index (χ1n) is 6.03. The number of nitrogens with one attached hydrogen (secondary N) is 1. The first-order valence-corrected chi connectivity index (χ1v) is 6.03. The Balaban J connectivity index is 0.00000180. The number of rotatable bonds is 4. The maximum atomic E-state index is 12.0. The topological polar surface area (TPSA) is 73.6 Å². The molecule has 0 fully saturated rings. The fraction of sp³-hybridized carbons (Fsp3) is 0.462. The van der Waals surface area contributed by atoms with E-state index in [1.54, 1.807) is 25.1 Å². The average molecular weight is 287 g/mol. The maximum Gasteiger partial charge on any atom is 0.244 e. The molecule has 6 heteroatoms. The van der Waals surface area contributed by atoms with Gasteiger partial charge in [0.05, 0.1) is 5.54 Å². The van der Waals surface area contributed by atoms with Crippen molar-refractivity contribution in [2.24, 2.45) is 5.73 Å². The van der Waals surface area contributed by atoms with E-state index in [9.17, 15) is 4.79 Å². The van der Waals surface area contributed by atoms with Crippen LogP contribution in [0.2, 0.25) is 0 Å². The van der Waals surface area contributed by atoms with Crippen molar-refractivity contribution < 1.29 is 14.3 Å². The predicted octanol–water partition coefficient (Wildman–Crippen LogP) is 2.29. The lowest BCUT2D eigenvalue weighted by atomic mass is 9.96. The molecule has 0 saturated carbocycles. The fourth-order valence-corrected chi connectivity index (χ4v) is 1.88. The average Bonchev–Trinajstić information content (AvgIpc) is 2.76. The van der Waals surface area contributed by atoms with Gasteiger partial charge >= 0.3 is 0 Å². The number of hydrogen-bond donors (Lipinski definition) is 2. The second-order valence-corrected chi connectivity index (χ2v) is 4.69. The predicted molar refractivity (Wildman–Crippen MR) is 75.9 cm³/mol. The zero-order valence-electron chi connectivity index (χ0n) is 11.1. The normalized spacial score (nSPS) is 15.3. The molecule has 0 radical (unpaired) electrons. The van der Waals surface area contributed by atoms with Crippen LogP contribution >= 0.6 is 12.4 Å². The van der Waals surface area contributed by atoms with E-state index in [0.717, 1.165) is 6.42 Å². The molecule has 1 aliphatic heterocycles. The molecule has 1 aromatic rings. The highest BCUT2D eigenvalue weighted by Gasteiger charge is 2.27. The van der Waals surface area contributed by atoms with Gasteiger partial charge in [-0.15, -0.1) is 12.4 Å². The summed E-state index contributed by atoms with van der Waals surface area (Å²) in [5.74, 6) is 1.14. The number of halogens is 1. The van der Waals surface area contributed by atoms with Gasteiger partial charge in [-0.3, -0.25) is 4.79 Å². The van der Waals surface area contributed by atoms with Gasteiger partial charge in [0.15, 0.2) is 11.5 Å². The second kappa shape index (κ2) is 6.12. The Bertz CT molecular complexity index is 463. The van der Waals surface area contributed by atoms with Crippen LogP contribution in [0.3, 0.4) is 0 Å². The zero-order chi connectivity index (χ0) is 13.2. The third-order valence-corrected chi connectivity index (χ3v) is 2.92. The standard InChI is InChI=1S/C13H18N2O3.ClH/c1-3-6-13(2,14)12(16)15-9-4-5-10-11(7-9)18-8-17-10;/h4-5,7H,3,6,8,14H2,1-2H3,(H,15,16);1H. The molecule has 1 aromatic carbocycles. The van der Waals surface area contributed by atoms with Crippen LogP contribution in [0.15, 0.2) is 18.2 Å². The summed E-state index contributed by atoms with van der Waals surface area (Å²) in [5, 5.41) is 2.80. The van der Waals surface area contributed by atoms with Gasteiger partial charge in [-0.25, -0.2) is 0 Å². The zero-order valence-corrected chi connectivity index (χ0v) is 11.9. The van der Waals surface area contributed by atoms with Gasteiger partial charge in [-0.05, 0) is 25.5 Å². The van der Waals surface area contributed by atoms with Crippen LogP contribution in [-0.2, 0) is 4.79 Å². The lowest BCUT2D eigenvalue weighted by Gasteiger charge is -2.22. The third-order valence-electron chi connectivity index (χ3n) is 2.92. The number of anilines is 1. The summed E-state index contributed by atoms with van der Waals surface area (Å²) in [5.41, 5.74) is 5.77. The summed E-state index contributed by atoms with van der Waals surface area (Å²) in [6, 6.07) is 5.28. The van der Waals surface area contributed by atoms with Gasteiger partial charge in [0, 0.05) is 11.8 Å². The molecule has 0 spiro atoms. The van der Waals surface area contributed by atoms with Gasteiger partial charge in [-0.1, -0.05) is 13.3 Å². The van der Waals surface area contributed by atoms with Crippen LogP contribution in [0.1, 0.15) is 26.7 Å². The molecule has 106 valence electrons. The first kappa shape index (κ1) is 15.6. The largest absolute Gasteiger partial charge is 0.454 e. The fourth-order valence-electron chi connectivity index (χ4n) is 1.88. The minimum atomic E-state index is -0.856. The van der Waals surface area contributed by atoms with E-state index in [0.29, 0.717) is 23.6 Å². The Morgan fingerprint density at radius 2 is 2.11 bits per heavy atom. The van der Waals surface area contributed by atoms with Crippen molar-refractivity contribution in [1.29, 1.82) is 0 Å². The number of nitrogens with two attached hydrogens (primary N) is 1. The number of amides is 1. The third kappa shape index (κ3) is 3.52. The molecule has 5 nitrogen and oxygen atoms in total. The minimum absolute atomic E-state index is 0. The van der Waals surface area contributed by atoms with Crippen LogP contribution in [0.4, 0.5) is 5.69 Å². The number of carbonyl (C=O) groups excluding carboxylic acids is 1. The highest BCUT2D eigenvalue weighted by molar-refractivity contribution is 5.97. The van der Waals surface area contributed by atoms with Gasteiger partial charge in [0.1, 0.15) is 0 Å². The smallest absolute Gasteiger partial charge is 0.244 e. The lowest BCUT2D eigenvalue weighted by Crippen LogP contribution is -2.48. The highest BCUT2D eigenvalue weighted by Crippen LogP contribution is 2.34. The Hall–Kier alpha value is -1.46. The maximum absolute atomic E-state index is 12.0. The Labute approximate surface area is 118 Å². The summed E-state index contributed by atoms with van der Waals surface area (Å²) < 4.78 is 10.5. The van der Waals surface area contributed by atoms with Crippen LogP contribution in [0, 0.1) is 0 Å². The van der Waals surface area contributed by atoms with Crippen LogP contribution in [0.5, 0.6) is 11.5 Å². The summed E-state index contributed by atoms with van der Waals surface area (Å²) in [6.45, 7) is 3.95. The Kier molecular flexibility index (Phi) is 5.03. The number of ether oxygens (including phenoxy) is 2. The lowest BCUT2D eigenvalue weighted by molar-refractivity contribution is -0.120. The van der Waals surface area contributed by atoms with E-state index in [1.807, 2.05) is 6.92 Å². The molecule has 3 N–H and O–H groups in total. The molecular weight excluding hydrogens is 268 g/mol. The van der Waals surface area contributed by atoms with E-state index in [4.69, 9.17) is 15.2 Å². The monoisotopic (exact) mass is 286 g/mol. The Morgan fingerprint density at radius 1 is 1.42 bits per heavy atom. The summed E-state index contributed by atoms with van der Waals surface area (Å²) in [6.07, 6.45) is 1.50. The van der Waals surface area contributed by atoms with Crippen molar-refractivity contribution in [1.82, 2.24) is 0 Å². The van der Waals surface area contributed by atoms with Gasteiger partial charge in [0.25, 0.3) is 0 Å². The quantitative estimate of drug-likeness (QED) is 0.891. The summed E-state index contributed by atoms with van der Waals surface area (Å²) in [7, 11) is 0. The molecular formula is C13H19ClN2O3. The number of benzene rings is 1. The number of hydrogen-bond acceptors (Lipinski definition) is 4. The molecule has 0 bridgehead atoms. The van der Waals surface area contributed by atoms with Crippen molar-refractivity contribution in [2.45, 2.75) is 32.2 Å². The summed E-state index contributed by atoms with van der Waals surface area (Å²) in [4.78, 5) is 12.0. The second-order valence-electron chi connectivity index (χ2n) is 4.69. The summed E-state index contributed by atoms with van der Waals surface area (Å²) >= 11 is 0. The van der Waals surface area contributed by atoms with E-state index >= 15 is 0 Å². The van der Waals surface area contributed by atoms with Crippen LogP contribution < -0.4 is 20.5 Å². The van der Waals surface area contributed by atoms with Gasteiger partial charge in [0.2, 0.25) is 12.7 Å². The van der Waals surface area contributed by atoms with Crippen molar-refractivity contribution in [3.8, 4) is 11.5 Å². The molecule has 19 heavy (non-hydrogen) atoms. The van der Waals surface area contributed by atoms with E-state index in [2.05, 4.69) is 5.32 Å². The Morgan fingerprint density at radius 3 is 2.79 bits per heavy atom. The molecule has 0 aliphatic carbocycles. The van der Waals surface area contributed by atoms with E-state index in [-0.39, 0.29) is 25.1 Å². The molecule has 0 saturated heterocycles. The van der Waals surface area contributed by atoms with Gasteiger partial charge < -0.3 is 20.5 Å². The highest BCUT2D eigenvalue weighted by atomic mass is 35.5. The first-order chi connectivity index (χ1) is 8.53. The van der Waals surface area contributed by atoms with Crippen LogP contribution in [0.25, 0.3) is 0 Å². The van der Waals surface area contributed by atoms with E-state index in [1.165, 1.54) is 0 Å². The van der Waals surface area contributed by atoms with Crippen LogP contribution in [-0.4, -0.2) is 18.2 Å². The molecule has 2 rings (SSSR count). The van der Waals surface area contributed by atoms with E-state index < -0.39 is 5.54 Å². The SMILES string of the molecule is CCCC(C)(N)C(=O)Nc1ccc2c(c1)OCO2.Cl. The molecule has 0 aromatic heterocycles. The molecule has 1 amide bonds. The van der Waals surface area contributed by atoms with Crippen molar-refractivity contribution in [3.05, 3.63) is 18.2 Å². The number of fused-ring (bicyclic) bond motifs is 1. The molecule has 1 heterocycles. The minimum Gasteiger partial charge on any atom is -0.454 e. The van der Waals surface area contributed by atoms with Crippen molar-refractivity contribution in [2.75, 3.05) is 12.1 Å². The molecule has 1 atom stereocenters. The molecule has 1 unspecified atom stereocenters. The van der Waals surface area contributed by atoms with Gasteiger partial charge in [-0.2, -0.15) is 0 Å².